The first-order valence-electron chi connectivity index (χ1n) is 44.2. The van der Waals surface area contributed by atoms with Crippen LogP contribution in [-0.2, 0) is 127 Å². The van der Waals surface area contributed by atoms with E-state index < -0.39 is 22.5 Å². The number of benzene rings is 1. The molecule has 37 nitrogen and oxygen atoms in total. The third-order valence-electron chi connectivity index (χ3n) is 21.5. The fourth-order valence-corrected chi connectivity index (χ4v) is 14.3. The minimum atomic E-state index is -0.990. The zero-order valence-corrected chi connectivity index (χ0v) is 96.2. The van der Waals surface area contributed by atoms with Crippen molar-refractivity contribution in [1.29, 1.82) is 0 Å². The number of carboxylic acid groups (broad SMARTS) is 1. The Morgan fingerprint density at radius 1 is 0.336 bits per heavy atom. The summed E-state index contributed by atoms with van der Waals surface area (Å²) in [7, 11) is 9.75. The number of aromatic nitrogens is 35. The summed E-state index contributed by atoms with van der Waals surface area (Å²) >= 11 is -0.472. The van der Waals surface area contributed by atoms with Gasteiger partial charge < -0.3 is 107 Å². The maximum atomic E-state index is 10.1. The van der Waals surface area contributed by atoms with Crippen LogP contribution in [0.5, 0.6) is 0 Å². The van der Waals surface area contributed by atoms with Gasteiger partial charge in [0.05, 0.1) is 40.9 Å². The fourth-order valence-electron chi connectivity index (χ4n) is 14.3. The van der Waals surface area contributed by atoms with Gasteiger partial charge in [-0.15, -0.1) is 0 Å². The van der Waals surface area contributed by atoms with Gasteiger partial charge in [-0.05, 0) is 212 Å². The van der Waals surface area contributed by atoms with Crippen molar-refractivity contribution in [2.24, 2.45) is 5.41 Å². The first-order chi connectivity index (χ1) is 69.5. The number of aryl methyl sites for hydroxylation is 9. The van der Waals surface area contributed by atoms with E-state index in [-0.39, 0.29) is 129 Å². The molecule has 2 atom stereocenters. The summed E-state index contributed by atoms with van der Waals surface area (Å²) in [6.07, 6.45) is 27.8. The van der Waals surface area contributed by atoms with E-state index in [0.717, 1.165) is 142 Å². The van der Waals surface area contributed by atoms with E-state index >= 15 is 0 Å². The Hall–Kier alpha value is -13.9. The largest absolute Gasteiger partial charge is 2.00 e. The van der Waals surface area contributed by atoms with Crippen LogP contribution >= 0.6 is 18.8 Å². The molecule has 22 aromatic rings. The summed E-state index contributed by atoms with van der Waals surface area (Å²) in [5, 5.41) is 90.2. The summed E-state index contributed by atoms with van der Waals surface area (Å²) in [6.45, 7) is 24.1. The molecular weight excluding hydrogens is 3010 g/mol. The molecule has 0 amide bonds. The summed E-state index contributed by atoms with van der Waals surface area (Å²) in [6, 6.07) is 68.5. The molecule has 45 heteroatoms. The van der Waals surface area contributed by atoms with Gasteiger partial charge in [-0.25, -0.2) is 9.78 Å². The molecule has 2 aliphatic rings. The molecule has 21 aromatic heterocycles. The van der Waals surface area contributed by atoms with Crippen molar-refractivity contribution >= 4 is 35.6 Å². The number of hydrogen-bond donors (Lipinski definition) is 1. The standard InChI is InChI=1S/C20H20N3.5C9H8N3.4C8H7N4.C6H5NO2.CH4.2ClH.6Pt/c1-19(2)14-8-10-20(19,3)18-15(14)17(22-23-18)16-13-7-5-4-6-12(13)9-11-21-16;5*1-7-6-9(12-11-7)8-4-2-3-5-10-8;2*1-6-4-7(12-11-6)8-5-9-2-3-10-8;2*1-6-10-8(12-11-6)7-4-2-3-5-9-7;8-6(9)5-3-1-2-4-7-5;;;;;;;;;/h4-7,9,11,14H,8,10H2,1-3H3;5*2-6H,1H3;4*2-5H,1H3;1-4H,(H,8,9);1H4;2*1H;;;;;;/q10*-1;;;;;;5*+2/p-2. The van der Waals surface area contributed by atoms with Crippen LogP contribution in [0.4, 0.5) is 0 Å². The second kappa shape index (κ2) is 62.4. The van der Waals surface area contributed by atoms with Gasteiger partial charge in [0.25, 0.3) is 0 Å². The molecule has 2 bridgehead atoms. The Morgan fingerprint density at radius 2 is 0.631 bits per heavy atom. The van der Waals surface area contributed by atoms with E-state index in [9.17, 15) is 4.79 Å². The molecular formula is C104H97Cl2N35O2Pt6-2. The van der Waals surface area contributed by atoms with Crippen LogP contribution in [0.15, 0.2) is 311 Å². The zero-order valence-electron chi connectivity index (χ0n) is 81.1. The first kappa shape index (κ1) is 122. The number of hydrogen-bond acceptors (Lipinski definition) is 26. The number of fused-ring (bicyclic) bond motifs is 6. The van der Waals surface area contributed by atoms with E-state index in [1.807, 2.05) is 225 Å². The molecule has 1 saturated carbocycles. The topological polar surface area (TPSA) is 501 Å². The van der Waals surface area contributed by atoms with Crippen LogP contribution in [0.2, 0.25) is 0 Å². The summed E-state index contributed by atoms with van der Waals surface area (Å²) in [4.78, 5) is 71.7. The third kappa shape index (κ3) is 35.7. The number of nitrogens with zero attached hydrogens (tertiary/aromatic N) is 35. The molecule has 0 aliphatic heterocycles. The molecule has 0 saturated heterocycles. The van der Waals surface area contributed by atoms with Crippen LogP contribution < -0.4 is 51.0 Å². The van der Waals surface area contributed by atoms with Crippen molar-refractivity contribution in [2.75, 3.05) is 0 Å². The van der Waals surface area contributed by atoms with Crippen molar-refractivity contribution in [3.05, 3.63) is 380 Å². The molecule has 24 rings (SSSR count). The molecule has 0 radical (unpaired) electrons. The van der Waals surface area contributed by atoms with Gasteiger partial charge in [0.15, 0.2) is 0 Å². The SMILES string of the molecule is C.CC12CCC(c3c1n[n-]c3-c1nccc3ccccc13)C2(C)C.Cc1cc(-c2ccccn2)[n-]n1.Cc1cc(-c2ccccn2)[n-]n1.Cc1cc(-c2ccccn2)[n-]n1.Cc1cc(-c2ccccn2)[n-]n1.Cc1cc(-c2ccccn2)[n-]n1.Cc1cc(-c2cnccn2)[n-]n1.Cc1cc(-c2cnccn2)[n-]n1.Cc1n[n-]c(-c2ccccn2)n1.Cc1n[n-]c(-c2ccccn2)n1.O=C(O)c1ccccn1.[Cl][Pt][Cl].[Pt+2].[Pt+2].[Pt+2].[Pt+2].[Pt]. The van der Waals surface area contributed by atoms with E-state index in [2.05, 4.69) is 228 Å². The smallest absolute Gasteiger partial charge is 0 e. The maximum Gasteiger partial charge on any atom is 2.00 e. The number of aromatic carboxylic acids is 1. The van der Waals surface area contributed by atoms with E-state index in [1.165, 1.54) is 47.1 Å². The molecule has 2 aliphatic carbocycles. The van der Waals surface area contributed by atoms with Crippen LogP contribution in [0.1, 0.15) is 120 Å². The van der Waals surface area contributed by atoms with Crippen molar-refractivity contribution < 1.29 is 132 Å². The minimum absolute atomic E-state index is 0. The van der Waals surface area contributed by atoms with Crippen LogP contribution in [0.25, 0.3) is 125 Å². The minimum Gasteiger partial charge on any atom is 0 e. The number of pyridine rings is 9. The van der Waals surface area contributed by atoms with Gasteiger partial charge in [-0.2, -0.15) is 0 Å². The van der Waals surface area contributed by atoms with Crippen LogP contribution in [-0.4, -0.2) is 137 Å². The van der Waals surface area contributed by atoms with Gasteiger partial charge in [0, 0.05) is 198 Å². The normalized spacial score (nSPS) is 12.2. The molecule has 21 heterocycles. The molecule has 1 fully saturated rings. The van der Waals surface area contributed by atoms with Crippen molar-refractivity contribution in [1.82, 2.24) is 177 Å². The second-order valence-electron chi connectivity index (χ2n) is 32.1. The predicted molar refractivity (Wildman–Crippen MR) is 542 cm³/mol. The maximum absolute atomic E-state index is 10.1. The number of halogens is 2. The first-order valence-corrected chi connectivity index (χ1v) is 49.9. The molecule has 0 spiro atoms. The van der Waals surface area contributed by atoms with Crippen molar-refractivity contribution in [3.8, 4) is 114 Å². The Labute approximate surface area is 949 Å². The van der Waals surface area contributed by atoms with Gasteiger partial charge in [-0.1, -0.05) is 189 Å². The van der Waals surface area contributed by atoms with Gasteiger partial charge in [-0.3, -0.25) is 70.0 Å². The van der Waals surface area contributed by atoms with Crippen LogP contribution in [0.3, 0.4) is 0 Å². The third-order valence-corrected chi connectivity index (χ3v) is 21.5. The van der Waals surface area contributed by atoms with E-state index in [0.29, 0.717) is 29.2 Å². The molecule has 776 valence electrons. The number of carboxylic acids is 1. The van der Waals surface area contributed by atoms with Gasteiger partial charge in [0.1, 0.15) is 5.69 Å². The number of carbonyl (C=O) groups is 1. The molecule has 149 heavy (non-hydrogen) atoms. The second-order valence-corrected chi connectivity index (χ2v) is 35.3. The molecule has 1 aromatic carbocycles. The molecule has 2 unspecified atom stereocenters. The number of rotatable bonds is 11. The Morgan fingerprint density at radius 3 is 0.893 bits per heavy atom. The van der Waals surface area contributed by atoms with Gasteiger partial charge in [0.2, 0.25) is 0 Å². The zero-order chi connectivity index (χ0) is 101. The Balaban J connectivity index is 0.000000222. The Bertz CT molecular complexity index is 6440. The predicted octanol–water partition coefficient (Wildman–Crippen LogP) is 17.5. The van der Waals surface area contributed by atoms with Crippen molar-refractivity contribution in [2.45, 2.75) is 115 Å². The fraction of sp³-hybridized carbons (Fsp3) is 0.173. The van der Waals surface area contributed by atoms with E-state index in [1.54, 1.807) is 107 Å². The molecule has 1 N–H and O–H groups in total. The summed E-state index contributed by atoms with van der Waals surface area (Å²) in [5.41, 5.74) is 24.7. The van der Waals surface area contributed by atoms with Gasteiger partial charge >= 0.3 is 126 Å². The van der Waals surface area contributed by atoms with Crippen molar-refractivity contribution in [3.63, 3.8) is 0 Å². The summed E-state index contributed by atoms with van der Waals surface area (Å²) in [5.74, 6) is 2.09. The van der Waals surface area contributed by atoms with Crippen LogP contribution in [0, 0.1) is 67.7 Å². The monoisotopic (exact) mass is 3110 g/mol. The average Bonchev–Trinajstić information content (AvgIpc) is 1.52. The summed E-state index contributed by atoms with van der Waals surface area (Å²) < 4.78 is 0. The average molecular weight is 3110 g/mol. The Kier molecular flexibility index (Phi) is 51.1. The quantitative estimate of drug-likeness (QED) is 0.126. The van der Waals surface area contributed by atoms with E-state index in [4.69, 9.17) is 23.9 Å².